The number of ether oxygens (including phenoxy) is 2. The van der Waals surface area contributed by atoms with E-state index >= 15 is 0 Å². The maximum atomic E-state index is 13.2. The van der Waals surface area contributed by atoms with Gasteiger partial charge in [-0.15, -0.1) is 0 Å². The average Bonchev–Trinajstić information content (AvgIpc) is 2.75. The first kappa shape index (κ1) is 8.94. The molecule has 0 aromatic heterocycles. The van der Waals surface area contributed by atoms with Gasteiger partial charge in [0.2, 0.25) is 5.85 Å². The molecule has 0 aromatic rings. The quantitative estimate of drug-likeness (QED) is 0.486. The smallest absolute Gasteiger partial charge is 0.309 e. The first-order valence-electron chi connectivity index (χ1n) is 4.69. The van der Waals surface area contributed by atoms with Crippen LogP contribution >= 0.6 is 0 Å². The Balaban J connectivity index is 1.87. The van der Waals surface area contributed by atoms with Gasteiger partial charge < -0.3 is 9.47 Å². The zero-order valence-corrected chi connectivity index (χ0v) is 7.59. The van der Waals surface area contributed by atoms with Gasteiger partial charge in [0.25, 0.3) is 0 Å². The number of epoxide rings is 1. The molecule has 1 aliphatic heterocycles. The molecule has 3 nitrogen and oxygen atoms in total. The number of hydrogen-bond donors (Lipinski definition) is 0. The van der Waals surface area contributed by atoms with E-state index in [-0.39, 0.29) is 18.0 Å². The molecule has 74 valence electrons. The molecule has 13 heavy (non-hydrogen) atoms. The highest BCUT2D eigenvalue weighted by Gasteiger charge is 2.61. The summed E-state index contributed by atoms with van der Waals surface area (Å²) < 4.78 is 22.9. The van der Waals surface area contributed by atoms with Crippen LogP contribution in [0.25, 0.3) is 0 Å². The molecule has 0 amide bonds. The van der Waals surface area contributed by atoms with Gasteiger partial charge in [-0.1, -0.05) is 0 Å². The number of halogens is 1. The van der Waals surface area contributed by atoms with Crippen molar-refractivity contribution >= 4 is 5.97 Å². The fourth-order valence-corrected chi connectivity index (χ4v) is 1.87. The molecule has 1 aliphatic carbocycles. The van der Waals surface area contributed by atoms with Gasteiger partial charge in [-0.05, 0) is 19.8 Å². The number of fused-ring (bicyclic) bond motifs is 1. The van der Waals surface area contributed by atoms with Crippen LogP contribution in [0.1, 0.15) is 26.2 Å². The lowest BCUT2D eigenvalue weighted by Crippen LogP contribution is -2.27. The lowest BCUT2D eigenvalue weighted by atomic mass is 9.88. The van der Waals surface area contributed by atoms with Gasteiger partial charge in [0, 0.05) is 6.42 Å². The third-order valence-electron chi connectivity index (χ3n) is 2.71. The Morgan fingerprint density at radius 3 is 3.15 bits per heavy atom. The van der Waals surface area contributed by atoms with E-state index in [1.165, 1.54) is 0 Å². The second kappa shape index (κ2) is 2.94. The van der Waals surface area contributed by atoms with Crippen LogP contribution in [0, 0.1) is 5.92 Å². The van der Waals surface area contributed by atoms with Crippen LogP contribution in [0.2, 0.25) is 0 Å². The Morgan fingerprint density at radius 2 is 2.54 bits per heavy atom. The van der Waals surface area contributed by atoms with Gasteiger partial charge in [0.15, 0.2) is 0 Å². The Bertz CT molecular complexity index is 231. The second-order valence-electron chi connectivity index (χ2n) is 3.62. The van der Waals surface area contributed by atoms with Crippen LogP contribution in [0.4, 0.5) is 4.39 Å². The molecule has 2 fully saturated rings. The van der Waals surface area contributed by atoms with E-state index in [0.717, 1.165) is 0 Å². The number of alkyl halides is 1. The van der Waals surface area contributed by atoms with Crippen molar-refractivity contribution in [2.75, 3.05) is 6.61 Å². The van der Waals surface area contributed by atoms with E-state index in [1.54, 1.807) is 6.92 Å². The molecule has 3 atom stereocenters. The molecule has 3 unspecified atom stereocenters. The Kier molecular flexibility index (Phi) is 2.02. The van der Waals surface area contributed by atoms with Gasteiger partial charge >= 0.3 is 5.97 Å². The van der Waals surface area contributed by atoms with Crippen molar-refractivity contribution in [2.24, 2.45) is 5.92 Å². The fourth-order valence-electron chi connectivity index (χ4n) is 1.87. The maximum absolute atomic E-state index is 13.2. The number of esters is 1. The van der Waals surface area contributed by atoms with E-state index in [1.807, 2.05) is 0 Å². The van der Waals surface area contributed by atoms with E-state index < -0.39 is 5.85 Å². The van der Waals surface area contributed by atoms with Gasteiger partial charge in [0.1, 0.15) is 6.10 Å². The zero-order chi connectivity index (χ0) is 9.47. The van der Waals surface area contributed by atoms with E-state index in [4.69, 9.17) is 9.47 Å². The standard InChI is InChI=1S/C9H13FO3/c1-2-12-8(11)6-3-4-9(10)7(5-6)13-9/h6-7H,2-5H2,1H3. The van der Waals surface area contributed by atoms with Crippen molar-refractivity contribution in [3.05, 3.63) is 0 Å². The summed E-state index contributed by atoms with van der Waals surface area (Å²) in [4.78, 5) is 11.3. The normalized spacial score (nSPS) is 42.3. The highest BCUT2D eigenvalue weighted by molar-refractivity contribution is 5.72. The monoisotopic (exact) mass is 188 g/mol. The molecule has 0 N–H and O–H groups in total. The molecule has 0 bridgehead atoms. The summed E-state index contributed by atoms with van der Waals surface area (Å²) in [5.74, 6) is -1.76. The minimum absolute atomic E-state index is 0.156. The minimum atomic E-state index is -1.40. The summed E-state index contributed by atoms with van der Waals surface area (Å²) >= 11 is 0. The third-order valence-corrected chi connectivity index (χ3v) is 2.71. The van der Waals surface area contributed by atoms with Gasteiger partial charge in [-0.2, -0.15) is 0 Å². The molecular formula is C9H13FO3. The molecule has 1 saturated heterocycles. The van der Waals surface area contributed by atoms with E-state index in [0.29, 0.717) is 25.9 Å². The van der Waals surface area contributed by atoms with Crippen LogP contribution in [0.3, 0.4) is 0 Å². The van der Waals surface area contributed by atoms with Crippen molar-refractivity contribution in [3.63, 3.8) is 0 Å². The topological polar surface area (TPSA) is 38.8 Å². The van der Waals surface area contributed by atoms with Gasteiger partial charge in [-0.25, -0.2) is 4.39 Å². The molecule has 4 heteroatoms. The summed E-state index contributed by atoms with van der Waals surface area (Å²) in [6.45, 7) is 2.16. The highest BCUT2D eigenvalue weighted by Crippen LogP contribution is 2.50. The first-order valence-corrected chi connectivity index (χ1v) is 4.69. The SMILES string of the molecule is CCOC(=O)C1CCC2(F)OC2C1. The van der Waals surface area contributed by atoms with Crippen LogP contribution < -0.4 is 0 Å². The minimum Gasteiger partial charge on any atom is -0.466 e. The number of rotatable bonds is 2. The second-order valence-corrected chi connectivity index (χ2v) is 3.62. The Morgan fingerprint density at radius 1 is 1.77 bits per heavy atom. The zero-order valence-electron chi connectivity index (χ0n) is 7.59. The molecule has 1 heterocycles. The maximum Gasteiger partial charge on any atom is 0.309 e. The Labute approximate surface area is 76.2 Å². The van der Waals surface area contributed by atoms with E-state index in [9.17, 15) is 9.18 Å². The number of carbonyl (C=O) groups excluding carboxylic acids is 1. The predicted octanol–water partition coefficient (Wildman–Crippen LogP) is 1.41. The number of hydrogen-bond acceptors (Lipinski definition) is 3. The van der Waals surface area contributed by atoms with Crippen LogP contribution in [-0.4, -0.2) is 24.5 Å². The van der Waals surface area contributed by atoms with Gasteiger partial charge in [0.05, 0.1) is 12.5 Å². The summed E-state index contributed by atoms with van der Waals surface area (Å²) in [5.41, 5.74) is 0. The Hall–Kier alpha value is -0.640. The average molecular weight is 188 g/mol. The van der Waals surface area contributed by atoms with Crippen LogP contribution in [0.15, 0.2) is 0 Å². The molecule has 0 radical (unpaired) electrons. The van der Waals surface area contributed by atoms with E-state index in [2.05, 4.69) is 0 Å². The van der Waals surface area contributed by atoms with Crippen molar-refractivity contribution in [3.8, 4) is 0 Å². The van der Waals surface area contributed by atoms with Crippen molar-refractivity contribution in [1.29, 1.82) is 0 Å². The summed E-state index contributed by atoms with van der Waals surface area (Å²) in [7, 11) is 0. The van der Waals surface area contributed by atoms with Crippen LogP contribution in [-0.2, 0) is 14.3 Å². The summed E-state index contributed by atoms with van der Waals surface area (Å²) in [5, 5.41) is 0. The molecule has 2 aliphatic rings. The molecule has 0 aromatic carbocycles. The van der Waals surface area contributed by atoms with Crippen molar-refractivity contribution < 1.29 is 18.7 Å². The fraction of sp³-hybridized carbons (Fsp3) is 0.889. The third kappa shape index (κ3) is 1.55. The molecule has 1 saturated carbocycles. The number of carbonyl (C=O) groups is 1. The lowest BCUT2D eigenvalue weighted by molar-refractivity contribution is -0.149. The lowest BCUT2D eigenvalue weighted by Gasteiger charge is -2.18. The van der Waals surface area contributed by atoms with Crippen molar-refractivity contribution in [1.82, 2.24) is 0 Å². The molecule has 0 spiro atoms. The highest BCUT2D eigenvalue weighted by atomic mass is 19.2. The first-order chi connectivity index (χ1) is 6.15. The van der Waals surface area contributed by atoms with Gasteiger partial charge in [-0.3, -0.25) is 4.79 Å². The van der Waals surface area contributed by atoms with Crippen LogP contribution in [0.5, 0.6) is 0 Å². The molecular weight excluding hydrogens is 175 g/mol. The summed E-state index contributed by atoms with van der Waals surface area (Å²) in [6, 6.07) is 0. The largest absolute Gasteiger partial charge is 0.466 e. The predicted molar refractivity (Wildman–Crippen MR) is 42.7 cm³/mol. The van der Waals surface area contributed by atoms with Crippen molar-refractivity contribution in [2.45, 2.75) is 38.1 Å². The molecule has 2 rings (SSSR count). The summed E-state index contributed by atoms with van der Waals surface area (Å²) in [6.07, 6.45) is 1.01.